The van der Waals surface area contributed by atoms with Crippen LogP contribution in [0.3, 0.4) is 0 Å². The maximum Gasteiger partial charge on any atom is 0.410 e. The van der Waals surface area contributed by atoms with Gasteiger partial charge in [0.2, 0.25) is 0 Å². The van der Waals surface area contributed by atoms with Crippen molar-refractivity contribution in [3.63, 3.8) is 0 Å². The molecule has 9 heteroatoms. The quantitative estimate of drug-likeness (QED) is 0.622. The van der Waals surface area contributed by atoms with Crippen LogP contribution >= 0.6 is 11.5 Å². The third kappa shape index (κ3) is 5.91. The van der Waals surface area contributed by atoms with Gasteiger partial charge in [-0.05, 0) is 64.2 Å². The van der Waals surface area contributed by atoms with E-state index in [1.54, 1.807) is 23.0 Å². The molecule has 1 aliphatic heterocycles. The first-order valence-corrected chi connectivity index (χ1v) is 11.0. The monoisotopic (exact) mass is 431 g/mol. The van der Waals surface area contributed by atoms with Gasteiger partial charge < -0.3 is 14.6 Å². The Balaban J connectivity index is 0.000000173. The Morgan fingerprint density at radius 3 is 2.50 bits per heavy atom. The fourth-order valence-electron chi connectivity index (χ4n) is 3.13. The van der Waals surface area contributed by atoms with Crippen molar-refractivity contribution in [1.29, 1.82) is 0 Å². The molecule has 1 amide bonds. The molecule has 1 fully saturated rings. The highest BCUT2D eigenvalue weighted by molar-refractivity contribution is 7.09. The topological polar surface area (TPSA) is 92.6 Å². The fraction of sp³-hybridized carbons (Fsp3) is 0.524. The largest absolute Gasteiger partial charge is 0.444 e. The van der Waals surface area contributed by atoms with Crippen LogP contribution in [-0.4, -0.2) is 48.7 Å². The highest BCUT2D eigenvalue weighted by Crippen LogP contribution is 2.21. The number of amides is 1. The maximum atomic E-state index is 11.7. The lowest BCUT2D eigenvalue weighted by Gasteiger charge is -2.26. The molecular formula is C21H29N5O3S. The number of hydrogen-bond donors (Lipinski definition) is 1. The summed E-state index contributed by atoms with van der Waals surface area (Å²) in [5.74, 6) is 0. The smallest absolute Gasteiger partial charge is 0.410 e. The Kier molecular flexibility index (Phi) is 6.91. The van der Waals surface area contributed by atoms with E-state index >= 15 is 0 Å². The van der Waals surface area contributed by atoms with Crippen molar-refractivity contribution >= 4 is 23.1 Å². The van der Waals surface area contributed by atoms with E-state index in [4.69, 9.17) is 4.74 Å². The summed E-state index contributed by atoms with van der Waals surface area (Å²) >= 11 is 1.36. The zero-order valence-corrected chi connectivity index (χ0v) is 18.8. The second-order valence-electron chi connectivity index (χ2n) is 8.37. The third-order valence-corrected chi connectivity index (χ3v) is 5.47. The molecule has 4 heterocycles. The lowest BCUT2D eigenvalue weighted by molar-refractivity contribution is 0.0257. The van der Waals surface area contributed by atoms with Gasteiger partial charge in [0.05, 0.1) is 28.7 Å². The third-order valence-electron chi connectivity index (χ3n) is 4.55. The molecule has 1 saturated heterocycles. The zero-order valence-electron chi connectivity index (χ0n) is 18.0. The van der Waals surface area contributed by atoms with E-state index in [2.05, 4.69) is 14.5 Å². The normalized spacial score (nSPS) is 14.7. The molecule has 0 aliphatic carbocycles. The second kappa shape index (κ2) is 9.42. The molecular weight excluding hydrogens is 402 g/mol. The molecule has 4 rings (SSSR count). The van der Waals surface area contributed by atoms with Gasteiger partial charge in [-0.15, -0.1) is 0 Å². The summed E-state index contributed by atoms with van der Waals surface area (Å²) in [5.41, 5.74) is 1.72. The molecule has 3 aromatic rings. The van der Waals surface area contributed by atoms with Gasteiger partial charge >= 0.3 is 6.09 Å². The van der Waals surface area contributed by atoms with E-state index in [0.717, 1.165) is 42.2 Å². The maximum absolute atomic E-state index is 11.7. The van der Waals surface area contributed by atoms with Crippen molar-refractivity contribution in [3.8, 4) is 10.6 Å². The molecule has 0 atom stereocenters. The number of aromatic nitrogens is 4. The minimum absolute atomic E-state index is 0.138. The summed E-state index contributed by atoms with van der Waals surface area (Å²) < 4.78 is 11.1. The molecule has 8 nitrogen and oxygen atoms in total. The van der Waals surface area contributed by atoms with E-state index in [1.807, 2.05) is 38.7 Å². The molecule has 1 N–H and O–H groups in total. The number of nitrogens with zero attached hydrogens (tertiary/aromatic N) is 4. The number of hydrogen-bond acceptors (Lipinski definition) is 6. The standard InChI is InChI=1S/C11H21NO2.C10H8N4OS/c1-11(2,3)14-10(13)12-8-6-4-5-7-9-12;1-6-4-9(16-13-6)7-5-14-8(2-3-11-14)10(15)12-7/h4-9H2,1-3H3;2-5H,1H3,(H,12,15). The molecule has 1 aliphatic rings. The van der Waals surface area contributed by atoms with E-state index in [-0.39, 0.29) is 17.3 Å². The Hall–Kier alpha value is -2.68. The van der Waals surface area contributed by atoms with E-state index in [1.165, 1.54) is 24.4 Å². The predicted octanol–water partition coefficient (Wildman–Crippen LogP) is 4.25. The highest BCUT2D eigenvalue weighted by Gasteiger charge is 2.22. The van der Waals surface area contributed by atoms with Crippen LogP contribution < -0.4 is 5.56 Å². The molecule has 30 heavy (non-hydrogen) atoms. The van der Waals surface area contributed by atoms with Gasteiger partial charge in [0.15, 0.2) is 0 Å². The Bertz CT molecular complexity index is 1040. The summed E-state index contributed by atoms with van der Waals surface area (Å²) in [6.45, 7) is 9.35. The molecule has 0 radical (unpaired) electrons. The van der Waals surface area contributed by atoms with Gasteiger partial charge in [-0.3, -0.25) is 4.79 Å². The van der Waals surface area contributed by atoms with Crippen LogP contribution in [0.5, 0.6) is 0 Å². The second-order valence-corrected chi connectivity index (χ2v) is 9.18. The van der Waals surface area contributed by atoms with Gasteiger partial charge in [0.1, 0.15) is 11.1 Å². The van der Waals surface area contributed by atoms with E-state index < -0.39 is 0 Å². The van der Waals surface area contributed by atoms with Crippen molar-refractivity contribution in [2.24, 2.45) is 0 Å². The summed E-state index contributed by atoms with van der Waals surface area (Å²) in [6, 6.07) is 3.62. The van der Waals surface area contributed by atoms with Gasteiger partial charge in [-0.25, -0.2) is 9.31 Å². The average molecular weight is 432 g/mol. The van der Waals surface area contributed by atoms with Crippen LogP contribution in [0.2, 0.25) is 0 Å². The lowest BCUT2D eigenvalue weighted by atomic mass is 10.2. The van der Waals surface area contributed by atoms with Crippen LogP contribution in [-0.2, 0) is 4.74 Å². The minimum atomic E-state index is -0.372. The molecule has 0 spiro atoms. The first-order valence-electron chi connectivity index (χ1n) is 10.2. The number of fused-ring (bicyclic) bond motifs is 1. The van der Waals surface area contributed by atoms with Gasteiger partial charge in [-0.1, -0.05) is 12.8 Å². The summed E-state index contributed by atoms with van der Waals surface area (Å²) in [4.78, 5) is 29.0. The minimum Gasteiger partial charge on any atom is -0.444 e. The zero-order chi connectivity index (χ0) is 21.7. The van der Waals surface area contributed by atoms with Crippen molar-refractivity contribution in [2.45, 2.75) is 59.0 Å². The molecule has 0 bridgehead atoms. The summed E-state index contributed by atoms with van der Waals surface area (Å²) in [5, 5.41) is 4.05. The summed E-state index contributed by atoms with van der Waals surface area (Å²) in [6.07, 6.45) is 7.94. The fourth-order valence-corrected chi connectivity index (χ4v) is 3.85. The van der Waals surface area contributed by atoms with Gasteiger partial charge in [-0.2, -0.15) is 9.47 Å². The highest BCUT2D eigenvalue weighted by atomic mass is 32.1. The first kappa shape index (κ1) is 22.0. The molecule has 162 valence electrons. The number of carbonyl (C=O) groups is 1. The summed E-state index contributed by atoms with van der Waals surface area (Å²) in [7, 11) is 0. The first-order chi connectivity index (χ1) is 14.2. The lowest BCUT2D eigenvalue weighted by Crippen LogP contribution is -2.37. The van der Waals surface area contributed by atoms with E-state index in [0.29, 0.717) is 5.52 Å². The predicted molar refractivity (Wildman–Crippen MR) is 118 cm³/mol. The van der Waals surface area contributed by atoms with Crippen molar-refractivity contribution in [3.05, 3.63) is 40.6 Å². The Morgan fingerprint density at radius 1 is 1.20 bits per heavy atom. The Labute approximate surface area is 180 Å². The molecule has 0 unspecified atom stereocenters. The number of ether oxygens (including phenoxy) is 1. The number of likely N-dealkylation sites (tertiary alicyclic amines) is 1. The number of aryl methyl sites for hydroxylation is 1. The van der Waals surface area contributed by atoms with Crippen molar-refractivity contribution in [2.75, 3.05) is 13.1 Å². The van der Waals surface area contributed by atoms with Crippen molar-refractivity contribution < 1.29 is 9.53 Å². The number of rotatable bonds is 1. The Morgan fingerprint density at radius 2 is 1.90 bits per heavy atom. The van der Waals surface area contributed by atoms with Crippen molar-refractivity contribution in [1.82, 2.24) is 23.9 Å². The molecule has 0 saturated carbocycles. The van der Waals surface area contributed by atoms with Crippen LogP contribution in [0.15, 0.2) is 29.3 Å². The number of aromatic amines is 1. The SMILES string of the molecule is CC(C)(C)OC(=O)N1CCCCCC1.Cc1cc(-c2cn3nccc3c(=O)[nH]2)sn1. The van der Waals surface area contributed by atoms with Gasteiger partial charge in [0.25, 0.3) is 5.56 Å². The molecule has 3 aromatic heterocycles. The number of nitrogens with one attached hydrogen (secondary N) is 1. The van der Waals surface area contributed by atoms with E-state index in [9.17, 15) is 9.59 Å². The van der Waals surface area contributed by atoms with Gasteiger partial charge in [0, 0.05) is 13.1 Å². The number of carbonyl (C=O) groups excluding carboxylic acids is 1. The number of H-pyrrole nitrogens is 1. The van der Waals surface area contributed by atoms with Crippen LogP contribution in [0.25, 0.3) is 16.1 Å². The molecule has 0 aromatic carbocycles. The average Bonchev–Trinajstić information content (AvgIpc) is 3.22. The van der Waals surface area contributed by atoms with Crippen LogP contribution in [0.4, 0.5) is 4.79 Å². The van der Waals surface area contributed by atoms with Crippen LogP contribution in [0, 0.1) is 6.92 Å². The van der Waals surface area contributed by atoms with Crippen LogP contribution in [0.1, 0.15) is 52.1 Å².